The first-order valence-electron chi connectivity index (χ1n) is 5.86. The number of nitrogens with zero attached hydrogens (tertiary/aromatic N) is 3. The summed E-state index contributed by atoms with van der Waals surface area (Å²) < 4.78 is 5.51. The first-order chi connectivity index (χ1) is 8.11. The number of alkyl halides is 1. The molecule has 17 heavy (non-hydrogen) atoms. The van der Waals surface area contributed by atoms with Gasteiger partial charge in [-0.05, 0) is 14.0 Å². The van der Waals surface area contributed by atoms with Gasteiger partial charge in [0, 0.05) is 18.8 Å². The molecule has 0 aliphatic carbocycles. The van der Waals surface area contributed by atoms with Gasteiger partial charge in [0.1, 0.15) is 5.50 Å². The molecule has 3 aliphatic heterocycles. The Morgan fingerprint density at radius 1 is 1.65 bits per heavy atom. The third-order valence-corrected chi connectivity index (χ3v) is 5.02. The summed E-state index contributed by atoms with van der Waals surface area (Å²) in [4.78, 5) is 9.04. The molecule has 0 radical (unpaired) electrons. The maximum atomic E-state index is 6.25. The van der Waals surface area contributed by atoms with Crippen molar-refractivity contribution in [3.8, 4) is 0 Å². The zero-order valence-corrected chi connectivity index (χ0v) is 11.6. The minimum atomic E-state index is -0.229. The summed E-state index contributed by atoms with van der Waals surface area (Å²) in [5, 5.41) is 3.22. The van der Waals surface area contributed by atoms with Gasteiger partial charge in [-0.2, -0.15) is 4.99 Å². The quantitative estimate of drug-likeness (QED) is 0.516. The number of nitrogens with one attached hydrogen (secondary N) is 1. The molecular formula is C10H17ClN4OS. The SMILES string of the molecule is CC1CN(C2=NC3(N2)SCCN3C)C(Cl)CO1. The molecule has 5 nitrogen and oxygen atoms in total. The molecule has 3 unspecified atom stereocenters. The third-order valence-electron chi connectivity index (χ3n) is 3.36. The van der Waals surface area contributed by atoms with Crippen molar-refractivity contribution < 1.29 is 4.74 Å². The average molecular weight is 277 g/mol. The van der Waals surface area contributed by atoms with E-state index in [1.54, 1.807) is 0 Å². The second-order valence-corrected chi connectivity index (χ2v) is 6.44. The van der Waals surface area contributed by atoms with Gasteiger partial charge >= 0.3 is 0 Å². The minimum absolute atomic E-state index is 0.119. The van der Waals surface area contributed by atoms with Gasteiger partial charge < -0.3 is 15.0 Å². The Kier molecular flexibility index (Phi) is 2.93. The Morgan fingerprint density at radius 2 is 2.41 bits per heavy atom. The van der Waals surface area contributed by atoms with Crippen LogP contribution in [0.5, 0.6) is 0 Å². The van der Waals surface area contributed by atoms with Crippen LogP contribution in [0, 0.1) is 0 Å². The van der Waals surface area contributed by atoms with Gasteiger partial charge in [0.25, 0.3) is 0 Å². The summed E-state index contributed by atoms with van der Waals surface area (Å²) in [5.74, 6) is 2.02. The minimum Gasteiger partial charge on any atom is -0.373 e. The monoisotopic (exact) mass is 276 g/mol. The average Bonchev–Trinajstić information content (AvgIpc) is 2.62. The van der Waals surface area contributed by atoms with E-state index in [0.717, 1.165) is 24.8 Å². The van der Waals surface area contributed by atoms with Gasteiger partial charge in [0.05, 0.1) is 12.7 Å². The fourth-order valence-corrected chi connectivity index (χ4v) is 3.78. The highest BCUT2D eigenvalue weighted by Crippen LogP contribution is 2.38. The molecule has 0 aromatic carbocycles. The van der Waals surface area contributed by atoms with Crippen LogP contribution in [0.15, 0.2) is 4.99 Å². The molecule has 2 fully saturated rings. The van der Waals surface area contributed by atoms with E-state index >= 15 is 0 Å². The molecule has 3 heterocycles. The van der Waals surface area contributed by atoms with Crippen molar-refractivity contribution in [2.45, 2.75) is 23.6 Å². The first-order valence-corrected chi connectivity index (χ1v) is 7.28. The normalized spacial score (nSPS) is 42.3. The van der Waals surface area contributed by atoms with Crippen LogP contribution in [0.2, 0.25) is 0 Å². The van der Waals surface area contributed by atoms with Crippen molar-refractivity contribution >= 4 is 29.3 Å². The highest BCUT2D eigenvalue weighted by Gasteiger charge is 2.49. The molecule has 2 saturated heterocycles. The molecule has 0 aromatic heterocycles. The number of ether oxygens (including phenoxy) is 1. The lowest BCUT2D eigenvalue weighted by Crippen LogP contribution is -2.68. The summed E-state index contributed by atoms with van der Waals surface area (Å²) in [5.41, 5.74) is -0.119. The zero-order chi connectivity index (χ0) is 12.0. The van der Waals surface area contributed by atoms with E-state index in [0.29, 0.717) is 6.61 Å². The Balaban J connectivity index is 1.72. The van der Waals surface area contributed by atoms with Crippen molar-refractivity contribution in [3.63, 3.8) is 0 Å². The van der Waals surface area contributed by atoms with Gasteiger partial charge in [-0.3, -0.25) is 4.90 Å². The maximum Gasteiger partial charge on any atom is 0.242 e. The van der Waals surface area contributed by atoms with E-state index in [-0.39, 0.29) is 16.7 Å². The van der Waals surface area contributed by atoms with Gasteiger partial charge in [0.2, 0.25) is 11.1 Å². The van der Waals surface area contributed by atoms with Crippen LogP contribution in [0.4, 0.5) is 0 Å². The fourth-order valence-electron chi connectivity index (χ4n) is 2.26. The fraction of sp³-hybridized carbons (Fsp3) is 0.900. The van der Waals surface area contributed by atoms with Crippen LogP contribution in [0.25, 0.3) is 0 Å². The molecule has 0 bridgehead atoms. The van der Waals surface area contributed by atoms with Crippen LogP contribution in [0.3, 0.4) is 0 Å². The molecule has 3 aliphatic rings. The van der Waals surface area contributed by atoms with E-state index < -0.39 is 0 Å². The lowest BCUT2D eigenvalue weighted by molar-refractivity contribution is -0.0105. The summed E-state index contributed by atoms with van der Waals surface area (Å²) in [6, 6.07) is 0. The number of hydrogen-bond donors (Lipinski definition) is 1. The van der Waals surface area contributed by atoms with E-state index in [4.69, 9.17) is 21.3 Å². The summed E-state index contributed by atoms with van der Waals surface area (Å²) in [6.45, 7) is 4.48. The van der Waals surface area contributed by atoms with Gasteiger partial charge in [-0.25, -0.2) is 0 Å². The molecule has 3 rings (SSSR count). The van der Waals surface area contributed by atoms with Crippen molar-refractivity contribution in [1.82, 2.24) is 15.1 Å². The van der Waals surface area contributed by atoms with Crippen LogP contribution in [-0.4, -0.2) is 65.0 Å². The van der Waals surface area contributed by atoms with Gasteiger partial charge in [-0.15, -0.1) is 0 Å². The van der Waals surface area contributed by atoms with E-state index in [2.05, 4.69) is 29.1 Å². The highest BCUT2D eigenvalue weighted by molar-refractivity contribution is 8.00. The number of hydrogen-bond acceptors (Lipinski definition) is 6. The van der Waals surface area contributed by atoms with Crippen molar-refractivity contribution in [1.29, 1.82) is 0 Å². The third kappa shape index (κ3) is 1.91. The molecule has 0 amide bonds. The predicted octanol–water partition coefficient (Wildman–Crippen LogP) is 0.521. The van der Waals surface area contributed by atoms with Crippen molar-refractivity contribution in [2.24, 2.45) is 4.99 Å². The summed E-state index contributed by atoms with van der Waals surface area (Å²) in [6.07, 6.45) is 0.208. The summed E-state index contributed by atoms with van der Waals surface area (Å²) in [7, 11) is 2.09. The lowest BCUT2D eigenvalue weighted by atomic mass is 10.3. The Bertz CT molecular complexity index is 355. The standard InChI is InChI=1S/C10H17ClN4OS/c1-7-5-15(8(11)6-16-7)9-12-10(13-9)14(2)3-4-17-10/h7-8H,3-6H2,1-2H3,(H,12,13). The Hall–Kier alpha value is -0.170. The number of thioether (sulfide) groups is 1. The van der Waals surface area contributed by atoms with E-state index in [1.807, 2.05) is 11.8 Å². The van der Waals surface area contributed by atoms with Crippen molar-refractivity contribution in [2.75, 3.05) is 32.5 Å². The Morgan fingerprint density at radius 3 is 3.06 bits per heavy atom. The topological polar surface area (TPSA) is 40.1 Å². The first kappa shape index (κ1) is 11.9. The number of halogens is 1. The lowest BCUT2D eigenvalue weighted by Gasteiger charge is -2.47. The second kappa shape index (κ2) is 4.19. The number of rotatable bonds is 0. The molecule has 0 saturated carbocycles. The maximum absolute atomic E-state index is 6.25. The summed E-state index contributed by atoms with van der Waals surface area (Å²) >= 11 is 8.08. The number of aliphatic imine (C=N–C) groups is 1. The zero-order valence-electron chi connectivity index (χ0n) is 10.0. The molecule has 0 aromatic rings. The molecule has 96 valence electrons. The predicted molar refractivity (Wildman–Crippen MR) is 70.2 cm³/mol. The van der Waals surface area contributed by atoms with Crippen LogP contribution in [-0.2, 0) is 4.74 Å². The molecule has 3 atom stereocenters. The largest absolute Gasteiger partial charge is 0.373 e. The second-order valence-electron chi connectivity index (χ2n) is 4.67. The molecule has 1 spiro atoms. The number of morpholine rings is 1. The smallest absolute Gasteiger partial charge is 0.242 e. The van der Waals surface area contributed by atoms with Crippen LogP contribution in [0.1, 0.15) is 6.92 Å². The van der Waals surface area contributed by atoms with Crippen LogP contribution >= 0.6 is 23.4 Å². The van der Waals surface area contributed by atoms with Crippen molar-refractivity contribution in [3.05, 3.63) is 0 Å². The molecule has 1 N–H and O–H groups in total. The van der Waals surface area contributed by atoms with Gasteiger partial charge in [0.15, 0.2) is 0 Å². The van der Waals surface area contributed by atoms with E-state index in [1.165, 1.54) is 0 Å². The van der Waals surface area contributed by atoms with Crippen LogP contribution < -0.4 is 5.32 Å². The highest BCUT2D eigenvalue weighted by atomic mass is 35.5. The van der Waals surface area contributed by atoms with E-state index in [9.17, 15) is 0 Å². The molecular weight excluding hydrogens is 260 g/mol. The van der Waals surface area contributed by atoms with Gasteiger partial charge in [-0.1, -0.05) is 23.4 Å². The molecule has 7 heteroatoms. The number of guanidine groups is 1. The Labute approximate surface area is 111 Å².